The number of hydrogen-bond acceptors (Lipinski definition) is 4. The number of carbonyl (C=O) groups is 2. The van der Waals surface area contributed by atoms with E-state index in [0.29, 0.717) is 17.6 Å². The molecule has 24 heavy (non-hydrogen) atoms. The van der Waals surface area contributed by atoms with Gasteiger partial charge in [-0.15, -0.1) is 0 Å². The molecule has 0 N–H and O–H groups in total. The fourth-order valence-corrected chi connectivity index (χ4v) is 4.16. The summed E-state index contributed by atoms with van der Waals surface area (Å²) in [5, 5.41) is 0. The van der Waals surface area contributed by atoms with Crippen molar-refractivity contribution >= 4 is 11.9 Å². The molecule has 1 saturated heterocycles. The minimum absolute atomic E-state index is 0.0530. The van der Waals surface area contributed by atoms with Crippen molar-refractivity contribution in [1.29, 1.82) is 0 Å². The summed E-state index contributed by atoms with van der Waals surface area (Å²) < 4.78 is 11.3. The van der Waals surface area contributed by atoms with Gasteiger partial charge in [-0.3, -0.25) is 0 Å². The van der Waals surface area contributed by atoms with Gasteiger partial charge in [0.25, 0.3) is 0 Å². The van der Waals surface area contributed by atoms with E-state index in [-0.39, 0.29) is 35.8 Å². The van der Waals surface area contributed by atoms with Crippen LogP contribution in [0.2, 0.25) is 0 Å². The molecule has 3 aliphatic rings. The minimum atomic E-state index is -0.424. The number of ether oxygens (including phenoxy) is 2. The third-order valence-corrected chi connectivity index (χ3v) is 5.75. The van der Waals surface area contributed by atoms with Gasteiger partial charge in [-0.1, -0.05) is 31.4 Å². The summed E-state index contributed by atoms with van der Waals surface area (Å²) in [6, 6.07) is 0. The lowest BCUT2D eigenvalue weighted by molar-refractivity contribution is -0.144. The molecule has 1 aliphatic heterocycles. The molecule has 128 valence electrons. The lowest BCUT2D eigenvalue weighted by atomic mass is 9.82. The second kappa shape index (κ2) is 6.08. The van der Waals surface area contributed by atoms with Crippen LogP contribution in [0.1, 0.15) is 33.1 Å². The van der Waals surface area contributed by atoms with E-state index < -0.39 is 6.10 Å². The van der Waals surface area contributed by atoms with E-state index in [9.17, 15) is 9.59 Å². The van der Waals surface area contributed by atoms with Crippen molar-refractivity contribution in [3.63, 3.8) is 0 Å². The Morgan fingerprint density at radius 3 is 2.67 bits per heavy atom. The van der Waals surface area contributed by atoms with Crippen LogP contribution in [0.4, 0.5) is 0 Å². The van der Waals surface area contributed by atoms with Crippen LogP contribution in [0, 0.1) is 17.8 Å². The van der Waals surface area contributed by atoms with Crippen molar-refractivity contribution in [3.05, 3.63) is 48.1 Å². The summed E-state index contributed by atoms with van der Waals surface area (Å²) in [7, 11) is 0. The number of carbonyl (C=O) groups excluding carboxylic acids is 2. The summed E-state index contributed by atoms with van der Waals surface area (Å²) in [5.41, 5.74) is 3.04. The maximum atomic E-state index is 12.2. The van der Waals surface area contributed by atoms with Gasteiger partial charge in [0.15, 0.2) is 0 Å². The van der Waals surface area contributed by atoms with Gasteiger partial charge in [0.2, 0.25) is 0 Å². The molecule has 3 fully saturated rings. The topological polar surface area (TPSA) is 52.6 Å². The molecule has 5 atom stereocenters. The van der Waals surface area contributed by atoms with Gasteiger partial charge < -0.3 is 9.47 Å². The van der Waals surface area contributed by atoms with Crippen LogP contribution < -0.4 is 0 Å². The summed E-state index contributed by atoms with van der Waals surface area (Å²) in [6.45, 7) is 15.8. The predicted octanol–water partition coefficient (Wildman–Crippen LogP) is 3.50. The van der Waals surface area contributed by atoms with Crippen molar-refractivity contribution in [2.45, 2.75) is 45.3 Å². The molecule has 2 saturated carbocycles. The number of fused-ring (bicyclic) bond motifs is 3. The Morgan fingerprint density at radius 1 is 1.29 bits per heavy atom. The smallest absolute Gasteiger partial charge is 0.334 e. The van der Waals surface area contributed by atoms with Gasteiger partial charge in [-0.25, -0.2) is 9.59 Å². The largest absolute Gasteiger partial charge is 0.458 e. The third kappa shape index (κ3) is 2.54. The molecule has 4 nitrogen and oxygen atoms in total. The minimum Gasteiger partial charge on any atom is -0.458 e. The Labute approximate surface area is 142 Å². The fourth-order valence-electron chi connectivity index (χ4n) is 4.16. The van der Waals surface area contributed by atoms with Gasteiger partial charge in [0.05, 0.1) is 0 Å². The predicted molar refractivity (Wildman–Crippen MR) is 90.9 cm³/mol. The van der Waals surface area contributed by atoms with E-state index in [1.807, 2.05) is 0 Å². The molecule has 0 aromatic heterocycles. The summed E-state index contributed by atoms with van der Waals surface area (Å²) in [4.78, 5) is 24.2. The molecule has 3 rings (SSSR count). The maximum Gasteiger partial charge on any atom is 0.334 e. The van der Waals surface area contributed by atoms with Gasteiger partial charge >= 0.3 is 11.9 Å². The molecule has 0 spiro atoms. The van der Waals surface area contributed by atoms with Crippen LogP contribution in [-0.2, 0) is 19.1 Å². The van der Waals surface area contributed by atoms with Crippen molar-refractivity contribution < 1.29 is 19.1 Å². The van der Waals surface area contributed by atoms with Crippen LogP contribution in [0.5, 0.6) is 0 Å². The van der Waals surface area contributed by atoms with Crippen LogP contribution in [0.15, 0.2) is 48.1 Å². The standard InChI is InChI=1S/C20H24O4/c1-6-10(2)19(21)23-16-9-15-13(5)20(22)24-18(15)17-11(3)7-8-14(17)12(16)4/h6,14-18H,3-5,7-9H2,1-2H3/b10-6-/t14-,15-,16+,17-,18-/m0/s1. The molecule has 0 aromatic rings. The molecule has 0 bridgehead atoms. The highest BCUT2D eigenvalue weighted by Crippen LogP contribution is 2.52. The molecule has 0 radical (unpaired) electrons. The molecule has 2 aliphatic carbocycles. The van der Waals surface area contributed by atoms with Crippen LogP contribution >= 0.6 is 0 Å². The Balaban J connectivity index is 1.93. The van der Waals surface area contributed by atoms with E-state index in [2.05, 4.69) is 19.7 Å². The highest BCUT2D eigenvalue weighted by molar-refractivity contribution is 5.91. The zero-order chi connectivity index (χ0) is 17.6. The van der Waals surface area contributed by atoms with Crippen LogP contribution in [0.25, 0.3) is 0 Å². The van der Waals surface area contributed by atoms with Crippen LogP contribution in [-0.4, -0.2) is 24.1 Å². The Bertz CT molecular complexity index is 669. The second-order valence-corrected chi connectivity index (χ2v) is 7.01. The molecule has 0 amide bonds. The van der Waals surface area contributed by atoms with E-state index in [0.717, 1.165) is 24.0 Å². The summed E-state index contributed by atoms with van der Waals surface area (Å²) >= 11 is 0. The van der Waals surface area contributed by atoms with Crippen molar-refractivity contribution in [1.82, 2.24) is 0 Å². The molecule has 0 unspecified atom stereocenters. The van der Waals surface area contributed by atoms with E-state index in [1.54, 1.807) is 19.9 Å². The number of allylic oxidation sites excluding steroid dienone is 1. The summed E-state index contributed by atoms with van der Waals surface area (Å²) in [6.07, 6.45) is 3.34. The van der Waals surface area contributed by atoms with Crippen molar-refractivity contribution in [3.8, 4) is 0 Å². The lowest BCUT2D eigenvalue weighted by Gasteiger charge is -2.26. The average molecular weight is 328 g/mol. The lowest BCUT2D eigenvalue weighted by Crippen LogP contribution is -2.28. The SMILES string of the molecule is C=C1CC[C@H]2C(=C)[C@H](OC(=O)/C(C)=C\C)C[C@H]3C(=C)C(=O)O[C@@H]3[C@@H]12. The fraction of sp³-hybridized carbons (Fsp3) is 0.500. The normalized spacial score (nSPS) is 36.1. The highest BCUT2D eigenvalue weighted by atomic mass is 16.6. The Hall–Kier alpha value is -2.10. The van der Waals surface area contributed by atoms with Gasteiger partial charge in [0, 0.05) is 23.0 Å². The number of esters is 2. The van der Waals surface area contributed by atoms with Crippen LogP contribution in [0.3, 0.4) is 0 Å². The first-order valence-corrected chi connectivity index (χ1v) is 8.45. The Morgan fingerprint density at radius 2 is 2.00 bits per heavy atom. The quantitative estimate of drug-likeness (QED) is 0.442. The van der Waals surface area contributed by atoms with Gasteiger partial charge in [-0.05, 0) is 44.6 Å². The second-order valence-electron chi connectivity index (χ2n) is 7.01. The van der Waals surface area contributed by atoms with E-state index in [4.69, 9.17) is 9.47 Å². The van der Waals surface area contributed by atoms with E-state index in [1.165, 1.54) is 0 Å². The van der Waals surface area contributed by atoms with Crippen molar-refractivity contribution in [2.24, 2.45) is 17.8 Å². The average Bonchev–Trinajstić information content (AvgIpc) is 3.03. The number of hydrogen-bond donors (Lipinski definition) is 0. The summed E-state index contributed by atoms with van der Waals surface area (Å²) in [5.74, 6) is -0.646. The molecular formula is C20H24O4. The third-order valence-electron chi connectivity index (χ3n) is 5.75. The monoisotopic (exact) mass is 328 g/mol. The first-order chi connectivity index (χ1) is 11.3. The first-order valence-electron chi connectivity index (χ1n) is 8.45. The Kier molecular flexibility index (Phi) is 4.24. The first kappa shape index (κ1) is 16.7. The van der Waals surface area contributed by atoms with Gasteiger partial charge in [-0.2, -0.15) is 0 Å². The number of rotatable bonds is 2. The molecular weight excluding hydrogens is 304 g/mol. The van der Waals surface area contributed by atoms with Crippen molar-refractivity contribution in [2.75, 3.05) is 0 Å². The molecule has 0 aromatic carbocycles. The van der Waals surface area contributed by atoms with Gasteiger partial charge in [0.1, 0.15) is 12.2 Å². The zero-order valence-electron chi connectivity index (χ0n) is 14.3. The molecule has 4 heteroatoms. The van der Waals surface area contributed by atoms with E-state index >= 15 is 0 Å². The molecule has 1 heterocycles. The maximum absolute atomic E-state index is 12.2. The zero-order valence-corrected chi connectivity index (χ0v) is 14.3. The highest BCUT2D eigenvalue weighted by Gasteiger charge is 2.53.